The Kier molecular flexibility index (Phi) is 23.7. The minimum atomic E-state index is -0.870. The molecular formula is C12H22O4. The first-order valence-electron chi connectivity index (χ1n) is 5.03. The van der Waals surface area contributed by atoms with Crippen molar-refractivity contribution in [3.05, 3.63) is 25.3 Å². The van der Waals surface area contributed by atoms with Crippen LogP contribution in [-0.2, 0) is 9.59 Å². The van der Waals surface area contributed by atoms with Gasteiger partial charge in [0.1, 0.15) is 0 Å². The lowest BCUT2D eigenvalue weighted by Gasteiger charge is -1.92. The van der Waals surface area contributed by atoms with Gasteiger partial charge in [0.05, 0.1) is 0 Å². The molecule has 4 heteroatoms. The molecule has 2 N–H and O–H groups in total. The normalized spacial score (nSPS) is 7.38. The van der Waals surface area contributed by atoms with Gasteiger partial charge in [0.25, 0.3) is 0 Å². The topological polar surface area (TPSA) is 74.6 Å². The second-order valence-electron chi connectivity index (χ2n) is 2.81. The largest absolute Gasteiger partial charge is 0.481 e. The van der Waals surface area contributed by atoms with Crippen molar-refractivity contribution >= 4 is 11.9 Å². The Labute approximate surface area is 97.3 Å². The zero-order valence-corrected chi connectivity index (χ0v) is 10.1. The molecule has 16 heavy (non-hydrogen) atoms. The van der Waals surface area contributed by atoms with Crippen molar-refractivity contribution < 1.29 is 19.8 Å². The number of rotatable bonds is 5. The van der Waals surface area contributed by atoms with Crippen molar-refractivity contribution in [1.29, 1.82) is 0 Å². The Balaban J connectivity index is -0.000000235. The SMILES string of the molecule is C=CC.C=CC.O=C(O)CCCCC(=O)O. The van der Waals surface area contributed by atoms with Crippen molar-refractivity contribution in [2.75, 3.05) is 0 Å². The van der Waals surface area contributed by atoms with Crippen molar-refractivity contribution in [1.82, 2.24) is 0 Å². The van der Waals surface area contributed by atoms with E-state index in [0.29, 0.717) is 12.8 Å². The fourth-order valence-corrected chi connectivity index (χ4v) is 0.552. The molecule has 0 amide bonds. The molecule has 94 valence electrons. The molecule has 0 spiro atoms. The van der Waals surface area contributed by atoms with Gasteiger partial charge in [0.15, 0.2) is 0 Å². The molecule has 0 aliphatic rings. The molecule has 4 nitrogen and oxygen atoms in total. The van der Waals surface area contributed by atoms with Crippen LogP contribution in [0.15, 0.2) is 25.3 Å². The third-order valence-corrected chi connectivity index (χ3v) is 1.03. The van der Waals surface area contributed by atoms with Gasteiger partial charge in [-0.1, -0.05) is 12.2 Å². The molecule has 0 saturated carbocycles. The van der Waals surface area contributed by atoms with Gasteiger partial charge in [0.2, 0.25) is 0 Å². The maximum absolute atomic E-state index is 9.90. The van der Waals surface area contributed by atoms with Crippen LogP contribution in [0, 0.1) is 0 Å². The van der Waals surface area contributed by atoms with Crippen LogP contribution in [0.5, 0.6) is 0 Å². The lowest BCUT2D eigenvalue weighted by molar-refractivity contribution is -0.139. The molecule has 0 heterocycles. The third-order valence-electron chi connectivity index (χ3n) is 1.03. The van der Waals surface area contributed by atoms with E-state index in [4.69, 9.17) is 10.2 Å². The van der Waals surface area contributed by atoms with Gasteiger partial charge in [-0.3, -0.25) is 9.59 Å². The summed E-state index contributed by atoms with van der Waals surface area (Å²) in [4.78, 5) is 19.8. The first kappa shape index (κ1) is 19.9. The zero-order chi connectivity index (χ0) is 13.4. The van der Waals surface area contributed by atoms with Crippen LogP contribution in [0.2, 0.25) is 0 Å². The Bertz CT molecular complexity index is 175. The highest BCUT2D eigenvalue weighted by atomic mass is 16.4. The van der Waals surface area contributed by atoms with E-state index in [0.717, 1.165) is 0 Å². The molecule has 0 atom stereocenters. The molecule has 0 rings (SSSR count). The number of unbranched alkanes of at least 4 members (excludes halogenated alkanes) is 1. The Morgan fingerprint density at radius 3 is 1.25 bits per heavy atom. The van der Waals surface area contributed by atoms with Crippen LogP contribution in [0.1, 0.15) is 39.5 Å². The fraction of sp³-hybridized carbons (Fsp3) is 0.500. The van der Waals surface area contributed by atoms with E-state index < -0.39 is 11.9 Å². The molecule has 0 aromatic heterocycles. The average molecular weight is 230 g/mol. The predicted octanol–water partition coefficient (Wildman–Crippen LogP) is 3.10. The van der Waals surface area contributed by atoms with E-state index in [1.54, 1.807) is 12.2 Å². The third kappa shape index (κ3) is 55.1. The van der Waals surface area contributed by atoms with Crippen LogP contribution in [0.4, 0.5) is 0 Å². The van der Waals surface area contributed by atoms with Crippen LogP contribution in [0.3, 0.4) is 0 Å². The van der Waals surface area contributed by atoms with E-state index in [1.807, 2.05) is 13.8 Å². The van der Waals surface area contributed by atoms with E-state index in [9.17, 15) is 9.59 Å². The van der Waals surface area contributed by atoms with Crippen molar-refractivity contribution in [3.8, 4) is 0 Å². The molecule has 0 fully saturated rings. The first-order chi connectivity index (χ1) is 7.45. The Morgan fingerprint density at radius 2 is 1.12 bits per heavy atom. The monoisotopic (exact) mass is 230 g/mol. The highest BCUT2D eigenvalue weighted by Crippen LogP contribution is 1.98. The van der Waals surface area contributed by atoms with Gasteiger partial charge in [-0.2, -0.15) is 0 Å². The number of hydrogen-bond acceptors (Lipinski definition) is 2. The molecule has 0 aromatic rings. The number of hydrogen-bond donors (Lipinski definition) is 2. The highest BCUT2D eigenvalue weighted by molar-refractivity contribution is 5.67. The van der Waals surface area contributed by atoms with E-state index in [2.05, 4.69) is 13.2 Å². The molecule has 0 bridgehead atoms. The van der Waals surface area contributed by atoms with Crippen LogP contribution in [0.25, 0.3) is 0 Å². The van der Waals surface area contributed by atoms with E-state index in [1.165, 1.54) is 0 Å². The number of carboxylic acids is 2. The minimum Gasteiger partial charge on any atom is -0.481 e. The first-order valence-corrected chi connectivity index (χ1v) is 5.03. The molecule has 0 radical (unpaired) electrons. The lowest BCUT2D eigenvalue weighted by atomic mass is 10.2. The highest BCUT2D eigenvalue weighted by Gasteiger charge is 1.99. The molecular weight excluding hydrogens is 208 g/mol. The number of carboxylic acid groups (broad SMARTS) is 2. The second-order valence-corrected chi connectivity index (χ2v) is 2.81. The smallest absolute Gasteiger partial charge is 0.303 e. The van der Waals surface area contributed by atoms with Gasteiger partial charge < -0.3 is 10.2 Å². The van der Waals surface area contributed by atoms with E-state index in [-0.39, 0.29) is 12.8 Å². The van der Waals surface area contributed by atoms with Gasteiger partial charge in [-0.05, 0) is 26.7 Å². The number of allylic oxidation sites excluding steroid dienone is 2. The van der Waals surface area contributed by atoms with Gasteiger partial charge in [-0.25, -0.2) is 0 Å². The Morgan fingerprint density at radius 1 is 0.938 bits per heavy atom. The molecule has 0 aromatic carbocycles. The van der Waals surface area contributed by atoms with E-state index >= 15 is 0 Å². The van der Waals surface area contributed by atoms with Crippen LogP contribution < -0.4 is 0 Å². The quantitative estimate of drug-likeness (QED) is 0.562. The Hall–Kier alpha value is -1.58. The summed E-state index contributed by atoms with van der Waals surface area (Å²) in [6.07, 6.45) is 4.52. The average Bonchev–Trinajstić information content (AvgIpc) is 2.14. The minimum absolute atomic E-state index is 0.0628. The zero-order valence-electron chi connectivity index (χ0n) is 10.1. The number of aliphatic carboxylic acids is 2. The van der Waals surface area contributed by atoms with Crippen molar-refractivity contribution in [2.45, 2.75) is 39.5 Å². The van der Waals surface area contributed by atoms with Gasteiger partial charge >= 0.3 is 11.9 Å². The van der Waals surface area contributed by atoms with Gasteiger partial charge in [-0.15, -0.1) is 13.2 Å². The van der Waals surface area contributed by atoms with Crippen molar-refractivity contribution in [2.24, 2.45) is 0 Å². The summed E-state index contributed by atoms with van der Waals surface area (Å²) in [6, 6.07) is 0. The van der Waals surface area contributed by atoms with Crippen LogP contribution in [-0.4, -0.2) is 22.2 Å². The standard InChI is InChI=1S/C6H10O4.2C3H6/c7-5(8)3-1-2-4-6(9)10;2*1-3-2/h1-4H2,(H,7,8)(H,9,10);2*3H,1H2,2H3. The summed E-state index contributed by atoms with van der Waals surface area (Å²) < 4.78 is 0. The maximum Gasteiger partial charge on any atom is 0.303 e. The summed E-state index contributed by atoms with van der Waals surface area (Å²) in [7, 11) is 0. The summed E-state index contributed by atoms with van der Waals surface area (Å²) >= 11 is 0. The molecule has 0 aliphatic carbocycles. The summed E-state index contributed by atoms with van der Waals surface area (Å²) in [5, 5.41) is 16.3. The second kappa shape index (κ2) is 19.1. The van der Waals surface area contributed by atoms with Gasteiger partial charge in [0, 0.05) is 12.8 Å². The summed E-state index contributed by atoms with van der Waals surface area (Å²) in [5.74, 6) is -1.74. The predicted molar refractivity (Wildman–Crippen MR) is 65.5 cm³/mol. The number of carbonyl (C=O) groups is 2. The maximum atomic E-state index is 9.90. The van der Waals surface area contributed by atoms with Crippen molar-refractivity contribution in [3.63, 3.8) is 0 Å². The lowest BCUT2D eigenvalue weighted by Crippen LogP contribution is -1.97. The molecule has 0 unspecified atom stereocenters. The summed E-state index contributed by atoms with van der Waals surface area (Å²) in [5.41, 5.74) is 0. The molecule has 0 aliphatic heterocycles. The van der Waals surface area contributed by atoms with Crippen LogP contribution >= 0.6 is 0 Å². The molecule has 0 saturated heterocycles. The summed E-state index contributed by atoms with van der Waals surface area (Å²) in [6.45, 7) is 10.5. The fourth-order valence-electron chi connectivity index (χ4n) is 0.552.